The number of amides is 1. The summed E-state index contributed by atoms with van der Waals surface area (Å²) in [6.45, 7) is 0.694. The van der Waals surface area contributed by atoms with Crippen LogP contribution in [0.25, 0.3) is 11.4 Å². The van der Waals surface area contributed by atoms with Gasteiger partial charge in [-0.15, -0.1) is 0 Å². The molecule has 0 saturated heterocycles. The van der Waals surface area contributed by atoms with E-state index in [1.54, 1.807) is 22.9 Å². The summed E-state index contributed by atoms with van der Waals surface area (Å²) in [4.78, 5) is 17.0. The molecule has 2 N–H and O–H groups in total. The lowest BCUT2D eigenvalue weighted by Gasteiger charge is -2.12. The first-order valence-corrected chi connectivity index (χ1v) is 10.7. The van der Waals surface area contributed by atoms with Crippen molar-refractivity contribution in [2.24, 2.45) is 0 Å². The fourth-order valence-corrected chi connectivity index (χ4v) is 3.41. The summed E-state index contributed by atoms with van der Waals surface area (Å²) in [5.74, 6) is 0.837. The summed E-state index contributed by atoms with van der Waals surface area (Å²) in [5.41, 5.74) is 2.63. The third-order valence-corrected chi connectivity index (χ3v) is 5.27. The van der Waals surface area contributed by atoms with Gasteiger partial charge in [0.1, 0.15) is 13.2 Å². The van der Waals surface area contributed by atoms with Gasteiger partial charge in [0.25, 0.3) is 0 Å². The smallest absolute Gasteiger partial charge is 0.240 e. The van der Waals surface area contributed by atoms with Crippen molar-refractivity contribution < 1.29 is 9.53 Å². The number of H-pyrrole nitrogens is 1. The highest BCUT2D eigenvalue weighted by molar-refractivity contribution is 7.71. The van der Waals surface area contributed by atoms with Gasteiger partial charge in [0.15, 0.2) is 10.6 Å². The summed E-state index contributed by atoms with van der Waals surface area (Å²) in [7, 11) is 0. The Morgan fingerprint density at radius 2 is 1.88 bits per heavy atom. The monoisotopic (exact) mass is 465 g/mol. The van der Waals surface area contributed by atoms with E-state index in [-0.39, 0.29) is 19.0 Å². The first-order chi connectivity index (χ1) is 15.6. The van der Waals surface area contributed by atoms with Crippen LogP contribution in [0.4, 0.5) is 0 Å². The maximum atomic E-state index is 12.7. The highest BCUT2D eigenvalue weighted by atomic mass is 35.5. The molecular formula is C23H20ClN5O2S. The van der Waals surface area contributed by atoms with Crippen LogP contribution in [0.15, 0.2) is 72.9 Å². The number of hydrogen-bond donors (Lipinski definition) is 2. The average molecular weight is 466 g/mol. The van der Waals surface area contributed by atoms with Gasteiger partial charge < -0.3 is 10.1 Å². The minimum atomic E-state index is -0.212. The molecule has 0 saturated carbocycles. The lowest BCUT2D eigenvalue weighted by molar-refractivity contribution is -0.121. The number of aromatic nitrogens is 4. The van der Waals surface area contributed by atoms with E-state index in [9.17, 15) is 4.79 Å². The van der Waals surface area contributed by atoms with Gasteiger partial charge in [-0.25, -0.2) is 4.98 Å². The number of carbonyl (C=O) groups excluding carboxylic acids is 1. The van der Waals surface area contributed by atoms with Crippen LogP contribution in [-0.4, -0.2) is 25.7 Å². The SMILES string of the molecule is O=C(Cn1c(-c2ccc(Cl)cc2)n[nH]c1=S)NCc1cccnc1OCc1ccccc1. The van der Waals surface area contributed by atoms with E-state index in [0.29, 0.717) is 28.1 Å². The topological polar surface area (TPSA) is 84.8 Å². The molecule has 0 aliphatic heterocycles. The molecule has 0 fully saturated rings. The summed E-state index contributed by atoms with van der Waals surface area (Å²) in [6.07, 6.45) is 1.66. The first-order valence-electron chi connectivity index (χ1n) is 9.88. The van der Waals surface area contributed by atoms with Crippen molar-refractivity contribution in [3.63, 3.8) is 0 Å². The Kier molecular flexibility index (Phi) is 6.94. The Morgan fingerprint density at radius 1 is 1.09 bits per heavy atom. The van der Waals surface area contributed by atoms with Crippen molar-refractivity contribution in [3.8, 4) is 17.3 Å². The minimum absolute atomic E-state index is 0.0216. The Labute approximate surface area is 195 Å². The number of nitrogens with zero attached hydrogens (tertiary/aromatic N) is 3. The third kappa shape index (κ3) is 5.40. The number of hydrogen-bond acceptors (Lipinski definition) is 5. The minimum Gasteiger partial charge on any atom is -0.473 e. The van der Waals surface area contributed by atoms with Gasteiger partial charge in [0, 0.05) is 28.9 Å². The van der Waals surface area contributed by atoms with Crippen LogP contribution in [0.3, 0.4) is 0 Å². The average Bonchev–Trinajstić information content (AvgIpc) is 3.18. The Balaban J connectivity index is 1.41. The van der Waals surface area contributed by atoms with Crippen LogP contribution in [0.1, 0.15) is 11.1 Å². The molecule has 0 aliphatic carbocycles. The molecule has 4 rings (SSSR count). The number of nitrogens with one attached hydrogen (secondary N) is 2. The number of halogens is 1. The normalized spacial score (nSPS) is 10.7. The van der Waals surface area contributed by atoms with Gasteiger partial charge in [-0.3, -0.25) is 14.5 Å². The van der Waals surface area contributed by atoms with E-state index in [1.807, 2.05) is 54.6 Å². The number of carbonyl (C=O) groups is 1. The predicted octanol–water partition coefficient (Wildman–Crippen LogP) is 4.55. The molecule has 4 aromatic rings. The molecule has 2 aromatic carbocycles. The molecule has 0 bridgehead atoms. The highest BCUT2D eigenvalue weighted by Crippen LogP contribution is 2.20. The van der Waals surface area contributed by atoms with Gasteiger partial charge in [-0.1, -0.05) is 48.0 Å². The molecule has 0 radical (unpaired) electrons. The maximum Gasteiger partial charge on any atom is 0.240 e. The molecule has 0 spiro atoms. The Bertz CT molecular complexity index is 1260. The summed E-state index contributed by atoms with van der Waals surface area (Å²) >= 11 is 11.3. The van der Waals surface area contributed by atoms with Gasteiger partial charge in [-0.2, -0.15) is 5.10 Å². The lowest BCUT2D eigenvalue weighted by atomic mass is 10.2. The lowest BCUT2D eigenvalue weighted by Crippen LogP contribution is -2.27. The van der Waals surface area contributed by atoms with Crippen LogP contribution in [-0.2, 0) is 24.5 Å². The quantitative estimate of drug-likeness (QED) is 0.373. The molecule has 2 aromatic heterocycles. The van der Waals surface area contributed by atoms with Crippen molar-refractivity contribution in [2.75, 3.05) is 0 Å². The van der Waals surface area contributed by atoms with Gasteiger partial charge in [0.2, 0.25) is 11.8 Å². The van der Waals surface area contributed by atoms with Crippen molar-refractivity contribution in [3.05, 3.63) is 93.8 Å². The van der Waals surface area contributed by atoms with E-state index in [4.69, 9.17) is 28.6 Å². The number of ether oxygens (including phenoxy) is 1. The van der Waals surface area contributed by atoms with E-state index >= 15 is 0 Å². The number of pyridine rings is 1. The van der Waals surface area contributed by atoms with Gasteiger partial charge in [0.05, 0.1) is 0 Å². The molecule has 9 heteroatoms. The van der Waals surface area contributed by atoms with E-state index < -0.39 is 0 Å². The number of aromatic amines is 1. The van der Waals surface area contributed by atoms with E-state index in [2.05, 4.69) is 20.5 Å². The number of benzene rings is 2. The van der Waals surface area contributed by atoms with Crippen LogP contribution in [0.2, 0.25) is 5.02 Å². The fraction of sp³-hybridized carbons (Fsp3) is 0.130. The van der Waals surface area contributed by atoms with Crippen LogP contribution in [0.5, 0.6) is 5.88 Å². The zero-order valence-electron chi connectivity index (χ0n) is 17.0. The summed E-state index contributed by atoms with van der Waals surface area (Å²) < 4.78 is 7.86. The molecule has 0 aliphatic rings. The molecule has 32 heavy (non-hydrogen) atoms. The second kappa shape index (κ2) is 10.2. The fourth-order valence-electron chi connectivity index (χ4n) is 3.09. The van der Waals surface area contributed by atoms with E-state index in [1.165, 1.54) is 0 Å². The molecular weight excluding hydrogens is 446 g/mol. The third-order valence-electron chi connectivity index (χ3n) is 4.71. The van der Waals surface area contributed by atoms with Crippen LogP contribution >= 0.6 is 23.8 Å². The first kappa shape index (κ1) is 21.7. The highest BCUT2D eigenvalue weighted by Gasteiger charge is 2.13. The summed E-state index contributed by atoms with van der Waals surface area (Å²) in [5, 5.41) is 10.5. The number of rotatable bonds is 8. The second-order valence-corrected chi connectivity index (χ2v) is 7.79. The molecule has 2 heterocycles. The molecule has 7 nitrogen and oxygen atoms in total. The van der Waals surface area contributed by atoms with Crippen LogP contribution < -0.4 is 10.1 Å². The Morgan fingerprint density at radius 3 is 2.66 bits per heavy atom. The van der Waals surface area contributed by atoms with Crippen molar-refractivity contribution in [2.45, 2.75) is 19.7 Å². The van der Waals surface area contributed by atoms with Gasteiger partial charge in [-0.05, 0) is 48.1 Å². The standard InChI is InChI=1S/C23H20ClN5O2S/c24-19-10-8-17(9-11-19)21-27-28-23(32)29(21)14-20(30)26-13-18-7-4-12-25-22(18)31-15-16-5-2-1-3-6-16/h1-12H,13-15H2,(H,26,30)(H,28,32). The molecule has 0 unspecified atom stereocenters. The maximum absolute atomic E-state index is 12.7. The zero-order valence-corrected chi connectivity index (χ0v) is 18.6. The molecule has 1 amide bonds. The van der Waals surface area contributed by atoms with Crippen molar-refractivity contribution in [1.82, 2.24) is 25.1 Å². The molecule has 162 valence electrons. The van der Waals surface area contributed by atoms with Gasteiger partial charge >= 0.3 is 0 Å². The van der Waals surface area contributed by atoms with E-state index in [0.717, 1.165) is 16.7 Å². The molecule has 0 atom stereocenters. The second-order valence-electron chi connectivity index (χ2n) is 6.96. The predicted molar refractivity (Wildman–Crippen MR) is 125 cm³/mol. The summed E-state index contributed by atoms with van der Waals surface area (Å²) in [6, 6.07) is 20.7. The van der Waals surface area contributed by atoms with Crippen molar-refractivity contribution >= 4 is 29.7 Å². The van der Waals surface area contributed by atoms with Crippen LogP contribution in [0, 0.1) is 4.77 Å². The zero-order chi connectivity index (χ0) is 22.3. The van der Waals surface area contributed by atoms with Crippen molar-refractivity contribution in [1.29, 1.82) is 0 Å². The largest absolute Gasteiger partial charge is 0.473 e. The Hall–Kier alpha value is -3.49.